The van der Waals surface area contributed by atoms with E-state index in [4.69, 9.17) is 37.7 Å². The summed E-state index contributed by atoms with van der Waals surface area (Å²) in [5, 5.41) is 23.1. The lowest BCUT2D eigenvalue weighted by atomic mass is 10.0. The summed E-state index contributed by atoms with van der Waals surface area (Å²) in [6.45, 7) is 0.752. The number of benzene rings is 2. The highest BCUT2D eigenvalue weighted by atomic mass is 35.5. The van der Waals surface area contributed by atoms with E-state index < -0.39 is 24.0 Å². The molecule has 3 heterocycles. The summed E-state index contributed by atoms with van der Waals surface area (Å²) < 4.78 is 17.0. The molecule has 12 heteroatoms. The number of aromatic nitrogens is 1. The van der Waals surface area contributed by atoms with Gasteiger partial charge in [0.25, 0.3) is 0 Å². The van der Waals surface area contributed by atoms with E-state index in [0.717, 1.165) is 6.07 Å². The molecule has 210 valence electrons. The number of halogens is 1. The maximum Gasteiger partial charge on any atom is 0.335 e. The first kappa shape index (κ1) is 28.1. The summed E-state index contributed by atoms with van der Waals surface area (Å²) >= 11 is 12.3. The molecule has 5 rings (SSSR count). The third-order valence-corrected chi connectivity index (χ3v) is 7.08. The van der Waals surface area contributed by atoms with Gasteiger partial charge in [-0.2, -0.15) is 0 Å². The number of nitrogens with one attached hydrogen (secondary N) is 1. The Morgan fingerprint density at radius 2 is 1.80 bits per heavy atom. The van der Waals surface area contributed by atoms with Gasteiger partial charge in [0.1, 0.15) is 29.9 Å². The Balaban J connectivity index is 1.56. The van der Waals surface area contributed by atoms with Crippen molar-refractivity contribution in [2.24, 2.45) is 0 Å². The van der Waals surface area contributed by atoms with Gasteiger partial charge in [-0.1, -0.05) is 17.7 Å². The first-order chi connectivity index (χ1) is 19.8. The standard InChI is InChI=1S/C29H24ClN3O7S/c1-38-10-11-39-23-6-5-19(15-20(23)30)33-26(25(32-29(33)41)21-4-2-3-9-31-21)24-8-7-22(40-24)16-12-17(27(34)35)14-18(13-16)28(36)37/h2-9,12-15,25-26H,10-11H2,1H3,(H,32,41)(H,34,35)(H,36,37)/t25-,26+/m0/s1. The van der Waals surface area contributed by atoms with Crippen LogP contribution in [0.4, 0.5) is 5.69 Å². The number of hydrogen-bond donors (Lipinski definition) is 3. The average Bonchev–Trinajstić information content (AvgIpc) is 3.59. The molecule has 1 fully saturated rings. The number of carboxylic acids is 2. The summed E-state index contributed by atoms with van der Waals surface area (Å²) in [6.07, 6.45) is 1.68. The zero-order valence-corrected chi connectivity index (χ0v) is 23.2. The van der Waals surface area contributed by atoms with Crippen LogP contribution in [0.3, 0.4) is 0 Å². The second kappa shape index (κ2) is 12.0. The topological polar surface area (TPSA) is 134 Å². The lowest BCUT2D eigenvalue weighted by Crippen LogP contribution is -2.29. The lowest BCUT2D eigenvalue weighted by Gasteiger charge is -2.26. The molecule has 41 heavy (non-hydrogen) atoms. The monoisotopic (exact) mass is 593 g/mol. The molecule has 0 amide bonds. The summed E-state index contributed by atoms with van der Waals surface area (Å²) in [5.74, 6) is -1.23. The molecule has 10 nitrogen and oxygen atoms in total. The molecule has 0 radical (unpaired) electrons. The molecular weight excluding hydrogens is 570 g/mol. The van der Waals surface area contributed by atoms with E-state index in [1.807, 2.05) is 29.2 Å². The van der Waals surface area contributed by atoms with Gasteiger partial charge < -0.3 is 34.3 Å². The number of rotatable bonds is 10. The second-order valence-corrected chi connectivity index (χ2v) is 9.86. The van der Waals surface area contributed by atoms with Gasteiger partial charge in [0.2, 0.25) is 0 Å². The van der Waals surface area contributed by atoms with Gasteiger partial charge in [0.15, 0.2) is 5.11 Å². The van der Waals surface area contributed by atoms with Crippen molar-refractivity contribution in [2.75, 3.05) is 25.2 Å². The Kier molecular flexibility index (Phi) is 8.20. The van der Waals surface area contributed by atoms with Crippen molar-refractivity contribution >= 4 is 46.6 Å². The predicted octanol–water partition coefficient (Wildman–Crippen LogP) is 5.59. The third-order valence-electron chi connectivity index (χ3n) is 6.47. The Labute approximate surface area is 245 Å². The summed E-state index contributed by atoms with van der Waals surface area (Å²) in [7, 11) is 1.58. The fourth-order valence-electron chi connectivity index (χ4n) is 4.60. The summed E-state index contributed by atoms with van der Waals surface area (Å²) in [5.41, 5.74) is 1.36. The van der Waals surface area contributed by atoms with Crippen molar-refractivity contribution in [3.8, 4) is 17.1 Å². The number of carbonyl (C=O) groups is 2. The molecule has 1 aliphatic heterocycles. The van der Waals surface area contributed by atoms with E-state index in [1.165, 1.54) is 12.1 Å². The van der Waals surface area contributed by atoms with E-state index in [9.17, 15) is 19.8 Å². The van der Waals surface area contributed by atoms with Crippen LogP contribution in [0.15, 0.2) is 77.3 Å². The molecule has 2 aromatic heterocycles. The van der Waals surface area contributed by atoms with E-state index in [1.54, 1.807) is 37.6 Å². The fraction of sp³-hybridized carbons (Fsp3) is 0.172. The number of furan rings is 1. The number of thiocarbonyl (C=S) groups is 1. The minimum absolute atomic E-state index is 0.169. The third kappa shape index (κ3) is 5.87. The van der Waals surface area contributed by atoms with Gasteiger partial charge in [-0.05, 0) is 72.9 Å². The van der Waals surface area contributed by atoms with Crippen molar-refractivity contribution in [3.63, 3.8) is 0 Å². The number of anilines is 1. The first-order valence-electron chi connectivity index (χ1n) is 12.4. The van der Waals surface area contributed by atoms with E-state index in [2.05, 4.69) is 10.3 Å². The number of hydrogen-bond acceptors (Lipinski definition) is 7. The van der Waals surface area contributed by atoms with Gasteiger partial charge in [-0.25, -0.2) is 9.59 Å². The highest BCUT2D eigenvalue weighted by Crippen LogP contribution is 2.44. The Morgan fingerprint density at radius 3 is 2.44 bits per heavy atom. The Bertz CT molecular complexity index is 1580. The zero-order chi connectivity index (χ0) is 29.1. The normalized spacial score (nSPS) is 16.4. The SMILES string of the molecule is COCCOc1ccc(N2C(=S)N[C@@H](c3ccccn3)[C@H]2c2ccc(-c3cc(C(=O)O)cc(C(=O)O)c3)o2)cc1Cl. The molecule has 1 saturated heterocycles. The van der Waals surface area contributed by atoms with E-state index in [-0.39, 0.29) is 11.1 Å². The number of aromatic carboxylic acids is 2. The minimum atomic E-state index is -1.25. The molecule has 0 bridgehead atoms. The van der Waals surface area contributed by atoms with Crippen LogP contribution < -0.4 is 15.0 Å². The van der Waals surface area contributed by atoms with Crippen LogP contribution in [-0.4, -0.2) is 52.6 Å². The second-order valence-electron chi connectivity index (χ2n) is 9.06. The zero-order valence-electron chi connectivity index (χ0n) is 21.6. The van der Waals surface area contributed by atoms with Crippen LogP contribution in [0.2, 0.25) is 5.02 Å². The summed E-state index contributed by atoms with van der Waals surface area (Å²) in [6, 6.07) is 17.2. The smallest absolute Gasteiger partial charge is 0.335 e. The molecule has 2 atom stereocenters. The van der Waals surface area contributed by atoms with Gasteiger partial charge in [-0.15, -0.1) is 0 Å². The molecule has 0 spiro atoms. The van der Waals surface area contributed by atoms with Crippen LogP contribution in [0, 0.1) is 0 Å². The van der Waals surface area contributed by atoms with Crippen LogP contribution >= 0.6 is 23.8 Å². The molecule has 1 aliphatic rings. The molecule has 0 aliphatic carbocycles. The van der Waals surface area contributed by atoms with E-state index >= 15 is 0 Å². The van der Waals surface area contributed by atoms with Crippen molar-refractivity contribution in [3.05, 3.63) is 101 Å². The molecule has 3 N–H and O–H groups in total. The first-order valence-corrected chi connectivity index (χ1v) is 13.2. The number of ether oxygens (including phenoxy) is 2. The van der Waals surface area contributed by atoms with Crippen LogP contribution in [0.1, 0.15) is 44.3 Å². The average molecular weight is 594 g/mol. The lowest BCUT2D eigenvalue weighted by molar-refractivity contribution is 0.0696. The minimum Gasteiger partial charge on any atom is -0.490 e. The Hall–Kier alpha value is -4.45. The molecular formula is C29H24ClN3O7S. The van der Waals surface area contributed by atoms with Crippen LogP contribution in [0.5, 0.6) is 5.75 Å². The maximum atomic E-state index is 11.6. The molecule has 0 unspecified atom stereocenters. The van der Waals surface area contributed by atoms with Gasteiger partial charge in [0.05, 0.1) is 34.5 Å². The predicted molar refractivity (Wildman–Crippen MR) is 155 cm³/mol. The van der Waals surface area contributed by atoms with Crippen LogP contribution in [0.25, 0.3) is 11.3 Å². The molecule has 0 saturated carbocycles. The number of nitrogens with zero attached hydrogens (tertiary/aromatic N) is 2. The number of pyridine rings is 1. The number of carboxylic acid groups (broad SMARTS) is 2. The van der Waals surface area contributed by atoms with Crippen molar-refractivity contribution in [1.82, 2.24) is 10.3 Å². The molecule has 4 aromatic rings. The highest BCUT2D eigenvalue weighted by molar-refractivity contribution is 7.80. The maximum absolute atomic E-state index is 11.6. The van der Waals surface area contributed by atoms with Crippen molar-refractivity contribution in [1.29, 1.82) is 0 Å². The van der Waals surface area contributed by atoms with Crippen LogP contribution in [-0.2, 0) is 4.74 Å². The van der Waals surface area contributed by atoms with Gasteiger partial charge in [0, 0.05) is 24.6 Å². The largest absolute Gasteiger partial charge is 0.490 e. The fourth-order valence-corrected chi connectivity index (χ4v) is 5.17. The van der Waals surface area contributed by atoms with E-state index in [0.29, 0.717) is 57.6 Å². The quantitative estimate of drug-likeness (QED) is 0.157. The van der Waals surface area contributed by atoms with Gasteiger partial charge in [-0.3, -0.25) is 4.98 Å². The summed E-state index contributed by atoms with van der Waals surface area (Å²) in [4.78, 5) is 29.7. The number of methoxy groups -OCH3 is 1. The Morgan fingerprint density at radius 1 is 1.05 bits per heavy atom. The van der Waals surface area contributed by atoms with Gasteiger partial charge >= 0.3 is 11.9 Å². The highest BCUT2D eigenvalue weighted by Gasteiger charge is 2.42. The van der Waals surface area contributed by atoms with Crippen molar-refractivity contribution in [2.45, 2.75) is 12.1 Å². The van der Waals surface area contributed by atoms with Crippen molar-refractivity contribution < 1.29 is 33.7 Å². The molecule has 2 aromatic carbocycles.